The highest BCUT2D eigenvalue weighted by molar-refractivity contribution is 5.93. The maximum atomic E-state index is 11.5. The molecule has 1 N–H and O–H groups in total. The largest absolute Gasteiger partial charge is 0.355 e. The van der Waals surface area contributed by atoms with Crippen molar-refractivity contribution in [3.8, 4) is 0 Å². The molecule has 0 bridgehead atoms. The van der Waals surface area contributed by atoms with Gasteiger partial charge in [-0.2, -0.15) is 10.2 Å². The molecule has 108 valence electrons. The fourth-order valence-electron chi connectivity index (χ4n) is 2.51. The Kier molecular flexibility index (Phi) is 3.21. The highest BCUT2D eigenvalue weighted by Gasteiger charge is 2.11. The normalized spacial score (nSPS) is 11.0. The molecular formula is C15H17N5O. The summed E-state index contributed by atoms with van der Waals surface area (Å²) < 4.78 is 3.77. The summed E-state index contributed by atoms with van der Waals surface area (Å²) >= 11 is 0. The van der Waals surface area contributed by atoms with Crippen molar-refractivity contribution in [1.82, 2.24) is 24.9 Å². The van der Waals surface area contributed by atoms with Crippen LogP contribution >= 0.6 is 0 Å². The van der Waals surface area contributed by atoms with Gasteiger partial charge in [0.2, 0.25) is 0 Å². The predicted molar refractivity (Wildman–Crippen MR) is 80.2 cm³/mol. The number of fused-ring (bicyclic) bond motifs is 1. The lowest BCUT2D eigenvalue weighted by Gasteiger charge is -2.05. The summed E-state index contributed by atoms with van der Waals surface area (Å²) in [6, 6.07) is 7.55. The monoisotopic (exact) mass is 283 g/mol. The topological polar surface area (TPSA) is 64.7 Å². The highest BCUT2D eigenvalue weighted by Crippen LogP contribution is 2.18. The molecule has 0 saturated heterocycles. The molecule has 0 fully saturated rings. The van der Waals surface area contributed by atoms with Gasteiger partial charge in [-0.1, -0.05) is 12.1 Å². The molecule has 2 heterocycles. The molecule has 0 radical (unpaired) electrons. The summed E-state index contributed by atoms with van der Waals surface area (Å²) in [5.74, 6) is -0.0777. The minimum absolute atomic E-state index is 0.0777. The average Bonchev–Trinajstić information content (AvgIpc) is 3.02. The van der Waals surface area contributed by atoms with Crippen LogP contribution in [0.2, 0.25) is 0 Å². The summed E-state index contributed by atoms with van der Waals surface area (Å²) in [6.07, 6.45) is 1.83. The van der Waals surface area contributed by atoms with E-state index in [4.69, 9.17) is 0 Å². The second-order valence-electron chi connectivity index (χ2n) is 5.02. The molecule has 0 aliphatic heterocycles. The molecule has 0 aliphatic rings. The molecule has 6 nitrogen and oxygen atoms in total. The number of carbonyl (C=O) groups is 1. The van der Waals surface area contributed by atoms with Crippen LogP contribution in [0.5, 0.6) is 0 Å². The predicted octanol–water partition coefficient (Wildman–Crippen LogP) is 1.49. The fourth-order valence-corrected chi connectivity index (χ4v) is 2.51. The van der Waals surface area contributed by atoms with Crippen molar-refractivity contribution in [3.63, 3.8) is 0 Å². The third kappa shape index (κ3) is 2.29. The smallest absolute Gasteiger partial charge is 0.251 e. The maximum Gasteiger partial charge on any atom is 0.251 e. The van der Waals surface area contributed by atoms with Crippen LogP contribution in [0.15, 0.2) is 30.5 Å². The van der Waals surface area contributed by atoms with E-state index in [-0.39, 0.29) is 5.91 Å². The molecule has 6 heteroatoms. The lowest BCUT2D eigenvalue weighted by atomic mass is 10.1. The Labute approximate surface area is 122 Å². The maximum absolute atomic E-state index is 11.5. The number of nitrogens with zero attached hydrogens (tertiary/aromatic N) is 4. The van der Waals surface area contributed by atoms with Crippen LogP contribution < -0.4 is 5.32 Å². The number of nitrogens with one attached hydrogen (secondary N) is 1. The molecule has 0 aliphatic carbocycles. The van der Waals surface area contributed by atoms with Crippen molar-refractivity contribution >= 4 is 16.9 Å². The minimum Gasteiger partial charge on any atom is -0.355 e. The molecule has 0 unspecified atom stereocenters. The van der Waals surface area contributed by atoms with Gasteiger partial charge >= 0.3 is 0 Å². The first-order valence-electron chi connectivity index (χ1n) is 6.76. The standard InChI is InChI=1S/C15H17N5O/c1-10-14-13(19(3)18-10)8-17-20(14)9-11-4-6-12(7-5-11)15(21)16-2/h4-8H,9H2,1-3H3,(H,16,21). The molecule has 1 amide bonds. The molecule has 2 aromatic heterocycles. The molecular weight excluding hydrogens is 266 g/mol. The van der Waals surface area contributed by atoms with Crippen LogP contribution in [0.1, 0.15) is 21.6 Å². The summed E-state index contributed by atoms with van der Waals surface area (Å²) in [7, 11) is 3.54. The number of rotatable bonds is 3. The number of hydrogen-bond acceptors (Lipinski definition) is 3. The highest BCUT2D eigenvalue weighted by atomic mass is 16.1. The zero-order valence-corrected chi connectivity index (χ0v) is 12.3. The summed E-state index contributed by atoms with van der Waals surface area (Å²) in [6.45, 7) is 2.64. The minimum atomic E-state index is -0.0777. The number of hydrogen-bond donors (Lipinski definition) is 1. The van der Waals surface area contributed by atoms with Gasteiger partial charge in [-0.25, -0.2) is 0 Å². The first-order chi connectivity index (χ1) is 10.1. The van der Waals surface area contributed by atoms with E-state index in [0.29, 0.717) is 12.1 Å². The van der Waals surface area contributed by atoms with Crippen molar-refractivity contribution < 1.29 is 4.79 Å². The molecule has 0 atom stereocenters. The van der Waals surface area contributed by atoms with E-state index in [1.54, 1.807) is 7.05 Å². The van der Waals surface area contributed by atoms with E-state index < -0.39 is 0 Å². The van der Waals surface area contributed by atoms with Crippen molar-refractivity contribution in [2.45, 2.75) is 13.5 Å². The quantitative estimate of drug-likeness (QED) is 0.792. The van der Waals surface area contributed by atoms with Crippen LogP contribution in [-0.2, 0) is 13.6 Å². The van der Waals surface area contributed by atoms with Crippen LogP contribution in [0.3, 0.4) is 0 Å². The second kappa shape index (κ2) is 5.05. The molecule has 21 heavy (non-hydrogen) atoms. The van der Waals surface area contributed by atoms with Crippen LogP contribution in [-0.4, -0.2) is 32.5 Å². The zero-order valence-electron chi connectivity index (χ0n) is 12.3. The van der Waals surface area contributed by atoms with Crippen LogP contribution in [0, 0.1) is 6.92 Å². The third-order valence-electron chi connectivity index (χ3n) is 3.59. The Morgan fingerprint density at radius 2 is 2.00 bits per heavy atom. The van der Waals surface area contributed by atoms with E-state index in [1.165, 1.54) is 0 Å². The summed E-state index contributed by atoms with van der Waals surface area (Å²) in [5.41, 5.74) is 4.79. The first kappa shape index (κ1) is 13.4. The zero-order chi connectivity index (χ0) is 15.0. The van der Waals surface area contributed by atoms with Gasteiger partial charge in [0.15, 0.2) is 0 Å². The van der Waals surface area contributed by atoms with Crippen LogP contribution in [0.4, 0.5) is 0 Å². The van der Waals surface area contributed by atoms with E-state index >= 15 is 0 Å². The second-order valence-corrected chi connectivity index (χ2v) is 5.02. The van der Waals surface area contributed by atoms with Crippen molar-refractivity contribution in [3.05, 3.63) is 47.3 Å². The third-order valence-corrected chi connectivity index (χ3v) is 3.59. The van der Waals surface area contributed by atoms with Gasteiger partial charge in [0.1, 0.15) is 11.0 Å². The Morgan fingerprint density at radius 1 is 1.29 bits per heavy atom. The van der Waals surface area contributed by atoms with E-state index in [0.717, 1.165) is 22.3 Å². The van der Waals surface area contributed by atoms with Gasteiger partial charge in [-0.05, 0) is 24.6 Å². The average molecular weight is 283 g/mol. The van der Waals surface area contributed by atoms with Gasteiger partial charge in [0, 0.05) is 19.7 Å². The molecule has 1 aromatic carbocycles. The van der Waals surface area contributed by atoms with Gasteiger partial charge in [0.25, 0.3) is 5.91 Å². The summed E-state index contributed by atoms with van der Waals surface area (Å²) in [5, 5.41) is 11.4. The lowest BCUT2D eigenvalue weighted by Crippen LogP contribution is -2.17. The molecule has 0 spiro atoms. The number of aromatic nitrogens is 4. The molecule has 3 rings (SSSR count). The van der Waals surface area contributed by atoms with Crippen molar-refractivity contribution in [2.24, 2.45) is 7.05 Å². The Bertz CT molecular complexity index is 797. The number of aryl methyl sites for hydroxylation is 2. The Balaban J connectivity index is 1.90. The first-order valence-corrected chi connectivity index (χ1v) is 6.76. The number of benzene rings is 1. The van der Waals surface area contributed by atoms with Gasteiger partial charge < -0.3 is 5.32 Å². The molecule has 0 saturated carbocycles. The summed E-state index contributed by atoms with van der Waals surface area (Å²) in [4.78, 5) is 11.5. The number of carbonyl (C=O) groups excluding carboxylic acids is 1. The lowest BCUT2D eigenvalue weighted by molar-refractivity contribution is 0.0963. The van der Waals surface area contributed by atoms with Crippen molar-refractivity contribution in [2.75, 3.05) is 7.05 Å². The van der Waals surface area contributed by atoms with E-state index in [9.17, 15) is 4.79 Å². The van der Waals surface area contributed by atoms with Gasteiger partial charge in [-0.3, -0.25) is 14.2 Å². The Hall–Kier alpha value is -2.63. The number of amides is 1. The molecule has 3 aromatic rings. The van der Waals surface area contributed by atoms with Gasteiger partial charge in [-0.15, -0.1) is 0 Å². The van der Waals surface area contributed by atoms with Gasteiger partial charge in [0.05, 0.1) is 18.4 Å². The van der Waals surface area contributed by atoms with Crippen LogP contribution in [0.25, 0.3) is 11.0 Å². The van der Waals surface area contributed by atoms with E-state index in [2.05, 4.69) is 15.5 Å². The fraction of sp³-hybridized carbons (Fsp3) is 0.267. The van der Waals surface area contributed by atoms with Crippen molar-refractivity contribution in [1.29, 1.82) is 0 Å². The van der Waals surface area contributed by atoms with E-state index in [1.807, 2.05) is 53.8 Å². The Morgan fingerprint density at radius 3 is 2.67 bits per heavy atom. The SMILES string of the molecule is CNC(=O)c1ccc(Cn2ncc3c2c(C)nn3C)cc1.